The highest BCUT2D eigenvalue weighted by Crippen LogP contribution is 2.47. The van der Waals surface area contributed by atoms with Gasteiger partial charge < -0.3 is 4.90 Å². The van der Waals surface area contributed by atoms with Crippen molar-refractivity contribution < 1.29 is 19.2 Å². The molecule has 0 aromatic heterocycles. The Morgan fingerprint density at radius 3 is 2.03 bits per heavy atom. The predicted molar refractivity (Wildman–Crippen MR) is 142 cm³/mol. The minimum atomic E-state index is -0.874. The van der Waals surface area contributed by atoms with E-state index in [-0.39, 0.29) is 17.5 Å². The Balaban J connectivity index is 1.43. The van der Waals surface area contributed by atoms with Crippen molar-refractivity contribution in [3.05, 3.63) is 124 Å². The van der Waals surface area contributed by atoms with Crippen molar-refractivity contribution in [1.29, 1.82) is 0 Å². The number of halogens is 1. The molecule has 0 spiro atoms. The molecule has 2 saturated heterocycles. The molecular weight excluding hydrogens is 532 g/mol. The normalized spacial score (nSPS) is 24.1. The lowest BCUT2D eigenvalue weighted by atomic mass is 9.85. The highest BCUT2D eigenvalue weighted by molar-refractivity contribution is 9.10. The average Bonchev–Trinajstić information content (AvgIpc) is 3.40. The van der Waals surface area contributed by atoms with Crippen LogP contribution in [0.1, 0.15) is 20.7 Å². The standard InChI is InChI=1S/C30H21BrN2O4/c31-21-13-11-19(12-14-21)28(35)26-25-24(29(36)33(30(25)37)22-9-5-2-6-10-22)23-17-20(15-16-32(23)26)27(34)18-7-3-1-4-8-18/h1-17,23-26H/t23-,24-,25+,26-/m1/s1. The van der Waals surface area contributed by atoms with Crippen LogP contribution in [0.3, 0.4) is 0 Å². The fraction of sp³-hybridized carbons (Fsp3) is 0.133. The summed E-state index contributed by atoms with van der Waals surface area (Å²) in [6.45, 7) is 0. The molecule has 0 radical (unpaired) electrons. The number of hydrogen-bond donors (Lipinski definition) is 0. The SMILES string of the molecule is O=C(C1=C[C@@H]2[C@H]3C(=O)N(c4ccccc4)C(=O)[C@@H]3[C@H](C(=O)c3ccc(Br)cc3)N2C=C1)c1ccccc1. The third-order valence-electron chi connectivity index (χ3n) is 7.26. The zero-order valence-corrected chi connectivity index (χ0v) is 21.1. The predicted octanol–water partition coefficient (Wildman–Crippen LogP) is 4.83. The zero-order chi connectivity index (χ0) is 25.7. The van der Waals surface area contributed by atoms with E-state index in [1.807, 2.05) is 12.1 Å². The first-order chi connectivity index (χ1) is 18.0. The number of anilines is 1. The largest absolute Gasteiger partial charge is 0.359 e. The Bertz CT molecular complexity index is 1480. The lowest BCUT2D eigenvalue weighted by Crippen LogP contribution is -2.46. The van der Waals surface area contributed by atoms with Crippen LogP contribution >= 0.6 is 15.9 Å². The third-order valence-corrected chi connectivity index (χ3v) is 7.79. The molecule has 4 atom stereocenters. The number of rotatable bonds is 5. The van der Waals surface area contributed by atoms with Gasteiger partial charge in [-0.2, -0.15) is 0 Å². The first-order valence-electron chi connectivity index (χ1n) is 12.0. The summed E-state index contributed by atoms with van der Waals surface area (Å²) < 4.78 is 0.832. The van der Waals surface area contributed by atoms with Crippen LogP contribution in [0.4, 0.5) is 5.69 Å². The van der Waals surface area contributed by atoms with E-state index < -0.39 is 29.8 Å². The molecule has 3 heterocycles. The summed E-state index contributed by atoms with van der Waals surface area (Å²) in [5, 5.41) is 0. The fourth-order valence-electron chi connectivity index (χ4n) is 5.57. The number of imide groups is 1. The van der Waals surface area contributed by atoms with Gasteiger partial charge in [-0.25, -0.2) is 4.90 Å². The van der Waals surface area contributed by atoms with Gasteiger partial charge in [-0.05, 0) is 30.3 Å². The van der Waals surface area contributed by atoms with Gasteiger partial charge in [0, 0.05) is 27.4 Å². The molecule has 3 aliphatic rings. The van der Waals surface area contributed by atoms with Gasteiger partial charge in [-0.3, -0.25) is 19.2 Å². The van der Waals surface area contributed by atoms with Gasteiger partial charge in [-0.1, -0.05) is 82.7 Å². The summed E-state index contributed by atoms with van der Waals surface area (Å²) in [6, 6.07) is 23.1. The Morgan fingerprint density at radius 1 is 0.730 bits per heavy atom. The van der Waals surface area contributed by atoms with Gasteiger partial charge in [0.1, 0.15) is 6.04 Å². The van der Waals surface area contributed by atoms with Crippen LogP contribution in [0.15, 0.2) is 113 Å². The van der Waals surface area contributed by atoms with E-state index in [9.17, 15) is 19.2 Å². The molecule has 3 aromatic carbocycles. The number of benzene rings is 3. The molecule has 6 nitrogen and oxygen atoms in total. The average molecular weight is 553 g/mol. The Hall–Kier alpha value is -4.10. The second kappa shape index (κ2) is 9.09. The molecular formula is C30H21BrN2O4. The van der Waals surface area contributed by atoms with Crippen molar-refractivity contribution in [3.63, 3.8) is 0 Å². The second-order valence-corrected chi connectivity index (χ2v) is 10.2. The maximum absolute atomic E-state index is 13.8. The lowest BCUT2D eigenvalue weighted by Gasteiger charge is -2.32. The van der Waals surface area contributed by atoms with Crippen LogP contribution in [0.25, 0.3) is 0 Å². The van der Waals surface area contributed by atoms with Gasteiger partial charge >= 0.3 is 0 Å². The molecule has 0 unspecified atom stereocenters. The van der Waals surface area contributed by atoms with E-state index in [1.165, 1.54) is 4.90 Å². The molecule has 0 bridgehead atoms. The molecule has 6 rings (SSSR count). The molecule has 3 aliphatic heterocycles. The number of carbonyl (C=O) groups is 4. The van der Waals surface area contributed by atoms with Gasteiger partial charge in [0.25, 0.3) is 0 Å². The highest BCUT2D eigenvalue weighted by Gasteiger charge is 2.63. The van der Waals surface area contributed by atoms with E-state index in [0.717, 1.165) is 4.47 Å². The second-order valence-electron chi connectivity index (χ2n) is 9.29. The van der Waals surface area contributed by atoms with Crippen molar-refractivity contribution in [2.75, 3.05) is 4.90 Å². The molecule has 7 heteroatoms. The summed E-state index contributed by atoms with van der Waals surface area (Å²) in [5.41, 5.74) is 1.89. The Morgan fingerprint density at radius 2 is 1.35 bits per heavy atom. The van der Waals surface area contributed by atoms with Crippen molar-refractivity contribution >= 4 is 45.0 Å². The van der Waals surface area contributed by atoms with Crippen LogP contribution in [0.5, 0.6) is 0 Å². The third kappa shape index (κ3) is 3.78. The monoisotopic (exact) mass is 552 g/mol. The van der Waals surface area contributed by atoms with E-state index in [2.05, 4.69) is 15.9 Å². The number of Topliss-reactive ketones (excluding diaryl/α,β-unsaturated/α-hetero) is 2. The number of para-hydroxylation sites is 1. The quantitative estimate of drug-likeness (QED) is 0.335. The molecule has 0 N–H and O–H groups in total. The van der Waals surface area contributed by atoms with Crippen LogP contribution in [0.2, 0.25) is 0 Å². The maximum Gasteiger partial charge on any atom is 0.240 e. The van der Waals surface area contributed by atoms with Crippen molar-refractivity contribution in [2.24, 2.45) is 11.8 Å². The van der Waals surface area contributed by atoms with Crippen LogP contribution in [0, 0.1) is 11.8 Å². The van der Waals surface area contributed by atoms with Crippen LogP contribution in [-0.4, -0.2) is 40.4 Å². The molecule has 2 amide bonds. The van der Waals surface area contributed by atoms with Crippen LogP contribution in [-0.2, 0) is 9.59 Å². The molecule has 3 aromatic rings. The number of fused-ring (bicyclic) bond motifs is 3. The molecule has 37 heavy (non-hydrogen) atoms. The van der Waals surface area contributed by atoms with Crippen molar-refractivity contribution in [3.8, 4) is 0 Å². The number of ketones is 2. The minimum absolute atomic E-state index is 0.174. The first kappa shape index (κ1) is 23.3. The Kier molecular flexibility index (Phi) is 5.72. The van der Waals surface area contributed by atoms with E-state index in [1.54, 1.807) is 96.0 Å². The maximum atomic E-state index is 13.8. The van der Waals surface area contributed by atoms with Gasteiger partial charge in [0.15, 0.2) is 11.6 Å². The Labute approximate surface area is 222 Å². The lowest BCUT2D eigenvalue weighted by molar-refractivity contribution is -0.123. The summed E-state index contributed by atoms with van der Waals surface area (Å²) in [7, 11) is 0. The van der Waals surface area contributed by atoms with Gasteiger partial charge in [0.2, 0.25) is 11.8 Å². The minimum Gasteiger partial charge on any atom is -0.359 e. The first-order valence-corrected chi connectivity index (χ1v) is 12.7. The zero-order valence-electron chi connectivity index (χ0n) is 19.5. The number of carbonyl (C=O) groups excluding carboxylic acids is 4. The number of allylic oxidation sites excluding steroid dienone is 2. The summed E-state index contributed by atoms with van der Waals surface area (Å²) >= 11 is 3.39. The van der Waals surface area contributed by atoms with Gasteiger partial charge in [0.05, 0.1) is 23.6 Å². The molecule has 182 valence electrons. The summed E-state index contributed by atoms with van der Waals surface area (Å²) in [5.74, 6) is -2.84. The molecule has 2 fully saturated rings. The van der Waals surface area contributed by atoms with E-state index in [4.69, 9.17) is 0 Å². The van der Waals surface area contributed by atoms with E-state index >= 15 is 0 Å². The van der Waals surface area contributed by atoms with Crippen LogP contribution < -0.4 is 4.90 Å². The van der Waals surface area contributed by atoms with E-state index in [0.29, 0.717) is 22.4 Å². The number of amides is 2. The fourth-order valence-corrected chi connectivity index (χ4v) is 5.83. The number of hydrogen-bond acceptors (Lipinski definition) is 5. The highest BCUT2D eigenvalue weighted by atomic mass is 79.9. The number of nitrogens with zero attached hydrogens (tertiary/aromatic N) is 2. The smallest absolute Gasteiger partial charge is 0.240 e. The molecule has 0 saturated carbocycles. The summed E-state index contributed by atoms with van der Waals surface area (Å²) in [4.78, 5) is 57.6. The summed E-state index contributed by atoms with van der Waals surface area (Å²) in [6.07, 6.45) is 5.09. The van der Waals surface area contributed by atoms with Crippen molar-refractivity contribution in [1.82, 2.24) is 4.90 Å². The van der Waals surface area contributed by atoms with Crippen molar-refractivity contribution in [2.45, 2.75) is 12.1 Å². The molecule has 0 aliphatic carbocycles. The van der Waals surface area contributed by atoms with Gasteiger partial charge in [-0.15, -0.1) is 0 Å². The topological polar surface area (TPSA) is 74.8 Å².